The van der Waals surface area contributed by atoms with Gasteiger partial charge in [-0.2, -0.15) is 0 Å². The van der Waals surface area contributed by atoms with Crippen molar-refractivity contribution in [1.82, 2.24) is 9.80 Å². The Hall–Kier alpha value is -1.59. The van der Waals surface area contributed by atoms with Gasteiger partial charge in [-0.15, -0.1) is 0 Å². The van der Waals surface area contributed by atoms with Crippen molar-refractivity contribution in [3.63, 3.8) is 0 Å². The average molecular weight is 318 g/mol. The zero-order valence-electron chi connectivity index (χ0n) is 13.8. The predicted molar refractivity (Wildman–Crippen MR) is 88.5 cm³/mol. The van der Waals surface area contributed by atoms with Crippen molar-refractivity contribution in [2.75, 3.05) is 33.3 Å². The summed E-state index contributed by atoms with van der Waals surface area (Å²) in [5.74, 6) is 0.992. The van der Waals surface area contributed by atoms with Gasteiger partial charge in [-0.05, 0) is 37.0 Å². The number of carbonyl (C=O) groups excluding carboxylic acids is 1. The highest BCUT2D eigenvalue weighted by atomic mass is 16.5. The van der Waals surface area contributed by atoms with E-state index >= 15 is 0 Å². The summed E-state index contributed by atoms with van der Waals surface area (Å²) in [7, 11) is 1.64. The molecule has 5 nitrogen and oxygen atoms in total. The van der Waals surface area contributed by atoms with E-state index in [4.69, 9.17) is 4.74 Å². The topological polar surface area (TPSA) is 53.0 Å². The van der Waals surface area contributed by atoms with Crippen molar-refractivity contribution in [2.24, 2.45) is 0 Å². The number of methoxy groups -OCH3 is 1. The van der Waals surface area contributed by atoms with Gasteiger partial charge in [0.15, 0.2) is 0 Å². The lowest BCUT2D eigenvalue weighted by molar-refractivity contribution is -0.132. The van der Waals surface area contributed by atoms with Gasteiger partial charge >= 0.3 is 0 Å². The number of aliphatic hydroxyl groups excluding tert-OH is 1. The standard InChI is InChI=1S/C18H26N2O3/c1-23-15-7-5-14(6-8-15)13-18(22)20-11-9-19(10-12-20)16-3-2-4-17(16)21/h5-8,16-17,21H,2-4,9-13H2,1H3. The van der Waals surface area contributed by atoms with Crippen molar-refractivity contribution in [3.8, 4) is 5.75 Å². The van der Waals surface area contributed by atoms with E-state index < -0.39 is 0 Å². The first kappa shape index (κ1) is 16.3. The third-order valence-electron chi connectivity index (χ3n) is 5.09. The molecule has 5 heteroatoms. The summed E-state index contributed by atoms with van der Waals surface area (Å²) in [6, 6.07) is 7.97. The molecule has 1 aromatic rings. The average Bonchev–Trinajstić information content (AvgIpc) is 3.02. The first-order valence-electron chi connectivity index (χ1n) is 8.50. The fourth-order valence-corrected chi connectivity index (χ4v) is 3.68. The molecule has 2 fully saturated rings. The minimum atomic E-state index is -0.184. The van der Waals surface area contributed by atoms with E-state index in [1.54, 1.807) is 7.11 Å². The highest BCUT2D eigenvalue weighted by Crippen LogP contribution is 2.25. The molecule has 2 atom stereocenters. The number of piperazine rings is 1. The van der Waals surface area contributed by atoms with Crippen LogP contribution in [0.5, 0.6) is 5.75 Å². The van der Waals surface area contributed by atoms with Crippen LogP contribution in [0.25, 0.3) is 0 Å². The van der Waals surface area contributed by atoms with Crippen LogP contribution in [0.4, 0.5) is 0 Å². The van der Waals surface area contributed by atoms with Crippen LogP contribution >= 0.6 is 0 Å². The molecule has 1 N–H and O–H groups in total. The molecule has 0 bridgehead atoms. The highest BCUT2D eigenvalue weighted by molar-refractivity contribution is 5.79. The van der Waals surface area contributed by atoms with Crippen LogP contribution in [0.15, 0.2) is 24.3 Å². The molecule has 0 aromatic heterocycles. The van der Waals surface area contributed by atoms with Crippen LogP contribution in [0.1, 0.15) is 24.8 Å². The minimum Gasteiger partial charge on any atom is -0.497 e. The Morgan fingerprint density at radius 1 is 1.17 bits per heavy atom. The second-order valence-electron chi connectivity index (χ2n) is 6.51. The molecule has 1 heterocycles. The normalized spacial score (nSPS) is 25.6. The molecular weight excluding hydrogens is 292 g/mol. The number of hydrogen-bond acceptors (Lipinski definition) is 4. The molecule has 126 valence electrons. The fraction of sp³-hybridized carbons (Fsp3) is 0.611. The van der Waals surface area contributed by atoms with Crippen molar-refractivity contribution in [3.05, 3.63) is 29.8 Å². The summed E-state index contributed by atoms with van der Waals surface area (Å²) in [6.07, 6.45) is 3.37. The highest BCUT2D eigenvalue weighted by Gasteiger charge is 2.33. The smallest absolute Gasteiger partial charge is 0.227 e. The summed E-state index contributed by atoms with van der Waals surface area (Å²) < 4.78 is 5.14. The van der Waals surface area contributed by atoms with Gasteiger partial charge in [-0.1, -0.05) is 12.1 Å². The molecule has 1 saturated heterocycles. The summed E-state index contributed by atoms with van der Waals surface area (Å²) >= 11 is 0. The van der Waals surface area contributed by atoms with Gasteiger partial charge in [-0.25, -0.2) is 0 Å². The van der Waals surface area contributed by atoms with E-state index in [-0.39, 0.29) is 12.0 Å². The van der Waals surface area contributed by atoms with Crippen LogP contribution in [-0.4, -0.2) is 66.2 Å². The molecule has 1 saturated carbocycles. The summed E-state index contributed by atoms with van der Waals surface area (Å²) in [5, 5.41) is 10.0. The Kier molecular flexibility index (Phi) is 5.18. The van der Waals surface area contributed by atoms with E-state index in [1.807, 2.05) is 29.2 Å². The Labute approximate surface area is 137 Å². The number of aliphatic hydroxyl groups is 1. The van der Waals surface area contributed by atoms with Gasteiger partial charge in [0.2, 0.25) is 5.91 Å². The summed E-state index contributed by atoms with van der Waals surface area (Å²) in [5.41, 5.74) is 1.02. The van der Waals surface area contributed by atoms with E-state index in [1.165, 1.54) is 0 Å². The molecule has 0 radical (unpaired) electrons. The summed E-state index contributed by atoms with van der Waals surface area (Å²) in [4.78, 5) is 16.7. The number of ether oxygens (including phenoxy) is 1. The number of amides is 1. The van der Waals surface area contributed by atoms with E-state index in [0.29, 0.717) is 12.5 Å². The lowest BCUT2D eigenvalue weighted by Gasteiger charge is -2.39. The second-order valence-corrected chi connectivity index (χ2v) is 6.51. The first-order chi connectivity index (χ1) is 11.2. The van der Waals surface area contributed by atoms with Gasteiger partial charge < -0.3 is 14.7 Å². The molecule has 1 aliphatic heterocycles. The Balaban J connectivity index is 1.49. The van der Waals surface area contributed by atoms with Crippen LogP contribution in [0, 0.1) is 0 Å². The van der Waals surface area contributed by atoms with E-state index in [9.17, 15) is 9.90 Å². The number of carbonyl (C=O) groups is 1. The molecule has 2 aliphatic rings. The van der Waals surface area contributed by atoms with Crippen molar-refractivity contribution in [1.29, 1.82) is 0 Å². The zero-order chi connectivity index (χ0) is 16.2. The zero-order valence-corrected chi connectivity index (χ0v) is 13.8. The molecule has 1 aliphatic carbocycles. The molecule has 23 heavy (non-hydrogen) atoms. The Morgan fingerprint density at radius 3 is 2.43 bits per heavy atom. The van der Waals surface area contributed by atoms with Gasteiger partial charge in [-0.3, -0.25) is 9.69 Å². The van der Waals surface area contributed by atoms with E-state index in [2.05, 4.69) is 4.90 Å². The van der Waals surface area contributed by atoms with Crippen LogP contribution in [-0.2, 0) is 11.2 Å². The van der Waals surface area contributed by atoms with Gasteiger partial charge in [0.25, 0.3) is 0 Å². The fourth-order valence-electron chi connectivity index (χ4n) is 3.68. The SMILES string of the molecule is COc1ccc(CC(=O)N2CCN(C3CCCC3O)CC2)cc1. The van der Waals surface area contributed by atoms with Gasteiger partial charge in [0, 0.05) is 32.2 Å². The Bertz CT molecular complexity index is 524. The third-order valence-corrected chi connectivity index (χ3v) is 5.09. The minimum absolute atomic E-state index is 0.182. The quantitative estimate of drug-likeness (QED) is 0.909. The van der Waals surface area contributed by atoms with Crippen LogP contribution < -0.4 is 4.74 Å². The van der Waals surface area contributed by atoms with E-state index in [0.717, 1.165) is 56.8 Å². The maximum Gasteiger partial charge on any atom is 0.227 e. The number of benzene rings is 1. The number of hydrogen-bond donors (Lipinski definition) is 1. The molecule has 0 spiro atoms. The predicted octanol–water partition coefficient (Wildman–Crippen LogP) is 1.30. The van der Waals surface area contributed by atoms with Crippen LogP contribution in [0.3, 0.4) is 0 Å². The van der Waals surface area contributed by atoms with Crippen molar-refractivity contribution >= 4 is 5.91 Å². The summed E-state index contributed by atoms with van der Waals surface area (Å²) in [6.45, 7) is 3.27. The van der Waals surface area contributed by atoms with Crippen molar-refractivity contribution < 1.29 is 14.6 Å². The third kappa shape index (κ3) is 3.85. The maximum atomic E-state index is 12.4. The lowest BCUT2D eigenvalue weighted by Crippen LogP contribution is -2.53. The van der Waals surface area contributed by atoms with Crippen LogP contribution in [0.2, 0.25) is 0 Å². The Morgan fingerprint density at radius 2 is 1.87 bits per heavy atom. The lowest BCUT2D eigenvalue weighted by atomic mass is 10.1. The van der Waals surface area contributed by atoms with Crippen molar-refractivity contribution in [2.45, 2.75) is 37.8 Å². The molecule has 1 amide bonds. The second kappa shape index (κ2) is 7.32. The molecule has 1 aromatic carbocycles. The van der Waals surface area contributed by atoms with Gasteiger partial charge in [0.1, 0.15) is 5.75 Å². The first-order valence-corrected chi connectivity index (χ1v) is 8.50. The number of nitrogens with zero attached hydrogens (tertiary/aromatic N) is 2. The monoisotopic (exact) mass is 318 g/mol. The largest absolute Gasteiger partial charge is 0.497 e. The van der Waals surface area contributed by atoms with Gasteiger partial charge in [0.05, 0.1) is 19.6 Å². The molecule has 2 unspecified atom stereocenters. The maximum absolute atomic E-state index is 12.4. The number of rotatable bonds is 4. The molecule has 3 rings (SSSR count). The molecular formula is C18H26N2O3.